The second kappa shape index (κ2) is 12.5. The molecule has 248 valence electrons. The molecule has 0 bridgehead atoms. The molecule has 3 saturated heterocycles. The summed E-state index contributed by atoms with van der Waals surface area (Å²) < 4.78 is 35.2. The molecule has 4 heterocycles. The molecule has 2 aliphatic carbocycles. The van der Waals surface area contributed by atoms with E-state index in [0.29, 0.717) is 81.4 Å². The Balaban J connectivity index is 0.930. The Morgan fingerprint density at radius 2 is 1.66 bits per heavy atom. The van der Waals surface area contributed by atoms with Crippen molar-refractivity contribution in [1.82, 2.24) is 19.6 Å². The number of rotatable bonds is 7. The average molecular weight is 649 g/mol. The van der Waals surface area contributed by atoms with Gasteiger partial charge in [-0.3, -0.25) is 14.6 Å². The molecule has 6 aliphatic rings. The summed E-state index contributed by atoms with van der Waals surface area (Å²) in [6.07, 6.45) is 8.15. The number of carboxylic acid groups (broad SMARTS) is 1. The standard InChI is InChI=1S/C34H38F2N6O5/c1-22-27-18-29(36)31(19-30(27)42(24-2-3-24)20-28(22)33(44)45)39-8-6-37(7-9-39)21-32(43)40-12-10-38(11-13-40)25-4-5-26(17-23(35)16-25)41-14-15-47-34(41)46/h4-5,17-20,24H,1-3,6-16,21H2,(H,44,45). The third-order valence-corrected chi connectivity index (χ3v) is 9.72. The summed E-state index contributed by atoms with van der Waals surface area (Å²) in [5, 5.41) is 9.66. The minimum Gasteiger partial charge on any atom is -0.478 e. The van der Waals surface area contributed by atoms with E-state index in [1.807, 2.05) is 26.8 Å². The van der Waals surface area contributed by atoms with Gasteiger partial charge in [-0.25, -0.2) is 18.4 Å². The van der Waals surface area contributed by atoms with E-state index in [4.69, 9.17) is 4.74 Å². The van der Waals surface area contributed by atoms with Gasteiger partial charge in [0.25, 0.3) is 0 Å². The van der Waals surface area contributed by atoms with Crippen molar-refractivity contribution >= 4 is 34.9 Å². The highest BCUT2D eigenvalue weighted by Gasteiger charge is 2.36. The van der Waals surface area contributed by atoms with E-state index in [2.05, 4.69) is 16.4 Å². The Bertz CT molecular complexity index is 1630. The molecule has 47 heavy (non-hydrogen) atoms. The van der Waals surface area contributed by atoms with E-state index in [9.17, 15) is 23.9 Å². The van der Waals surface area contributed by atoms with Gasteiger partial charge >= 0.3 is 12.1 Å². The normalized spacial score (nSPS) is 22.3. The first-order valence-electron chi connectivity index (χ1n) is 16.1. The molecular formula is C34H38F2N6O5. The van der Waals surface area contributed by atoms with Crippen molar-refractivity contribution in [3.8, 4) is 0 Å². The average Bonchev–Trinajstić information content (AvgIpc) is 3.85. The lowest BCUT2D eigenvalue weighted by molar-refractivity contribution is -0.134. The van der Waals surface area contributed by atoms with Crippen LogP contribution >= 0.6 is 0 Å². The van der Waals surface area contributed by atoms with Crippen LogP contribution in [-0.2, 0) is 14.3 Å². The lowest BCUT2D eigenvalue weighted by Gasteiger charge is -2.40. The summed E-state index contributed by atoms with van der Waals surface area (Å²) >= 11 is 0. The van der Waals surface area contributed by atoms with E-state index in [-0.39, 0.29) is 42.9 Å². The van der Waals surface area contributed by atoms with Gasteiger partial charge < -0.3 is 29.4 Å². The van der Waals surface area contributed by atoms with Gasteiger partial charge in [-0.2, -0.15) is 0 Å². The Hall–Kier alpha value is -4.65. The highest BCUT2D eigenvalue weighted by molar-refractivity contribution is 6.08. The molecule has 2 amide bonds. The van der Waals surface area contributed by atoms with Gasteiger partial charge in [0.15, 0.2) is 0 Å². The molecule has 0 unspecified atom stereocenters. The smallest absolute Gasteiger partial charge is 0.414 e. The molecule has 0 radical (unpaired) electrons. The predicted molar refractivity (Wildman–Crippen MR) is 171 cm³/mol. The number of carbonyl (C=O) groups is 3. The summed E-state index contributed by atoms with van der Waals surface area (Å²) in [6, 6.07) is 3.42. The number of anilines is 2. The zero-order valence-electron chi connectivity index (χ0n) is 26.2. The minimum absolute atomic E-state index is 0.0355. The lowest BCUT2D eigenvalue weighted by atomic mass is 9.93. The van der Waals surface area contributed by atoms with Crippen LogP contribution in [0.25, 0.3) is 5.57 Å². The Morgan fingerprint density at radius 3 is 2.32 bits per heavy atom. The highest BCUT2D eigenvalue weighted by Crippen LogP contribution is 2.44. The number of hydrogen-bond donors (Lipinski definition) is 1. The summed E-state index contributed by atoms with van der Waals surface area (Å²) in [5.74, 6) is -1.79. The monoisotopic (exact) mass is 648 g/mol. The number of ether oxygens (including phenoxy) is 1. The first-order chi connectivity index (χ1) is 22.7. The SMILES string of the molecule is C=C1C(C(=O)O)=CN(C2CC2)c2cc(N3CCN(CC(=O)N4CCN(C5=CC=C(N6CCOC6=O)C=C(F)C5)CC4)CC3)c(F)cc21. The minimum atomic E-state index is -1.08. The number of piperazine rings is 2. The molecule has 13 heteroatoms. The van der Waals surface area contributed by atoms with E-state index in [1.165, 1.54) is 17.0 Å². The number of aliphatic carboxylic acids is 1. The number of carboxylic acids is 1. The van der Waals surface area contributed by atoms with Crippen LogP contribution in [0.4, 0.5) is 25.0 Å². The van der Waals surface area contributed by atoms with Crippen molar-refractivity contribution < 1.29 is 33.0 Å². The first-order valence-corrected chi connectivity index (χ1v) is 16.1. The van der Waals surface area contributed by atoms with E-state index >= 15 is 4.39 Å². The highest BCUT2D eigenvalue weighted by atomic mass is 19.1. The fourth-order valence-electron chi connectivity index (χ4n) is 6.89. The molecule has 1 N–H and O–H groups in total. The molecule has 0 spiro atoms. The van der Waals surface area contributed by atoms with E-state index < -0.39 is 17.9 Å². The van der Waals surface area contributed by atoms with Crippen LogP contribution in [0.5, 0.6) is 0 Å². The van der Waals surface area contributed by atoms with Crippen molar-refractivity contribution in [2.75, 3.05) is 81.9 Å². The zero-order chi connectivity index (χ0) is 32.8. The van der Waals surface area contributed by atoms with Gasteiger partial charge in [-0.1, -0.05) is 6.58 Å². The fourth-order valence-corrected chi connectivity index (χ4v) is 6.89. The number of carbonyl (C=O) groups excluding carboxylic acids is 2. The first kappa shape index (κ1) is 31.0. The zero-order valence-corrected chi connectivity index (χ0v) is 26.2. The maximum atomic E-state index is 15.5. The molecule has 1 aromatic rings. The number of hydrogen-bond acceptors (Lipinski definition) is 8. The van der Waals surface area contributed by atoms with Crippen molar-refractivity contribution in [1.29, 1.82) is 0 Å². The number of benzene rings is 1. The van der Waals surface area contributed by atoms with Crippen molar-refractivity contribution in [3.05, 3.63) is 77.3 Å². The van der Waals surface area contributed by atoms with Crippen LogP contribution in [0.15, 0.2) is 65.9 Å². The van der Waals surface area contributed by atoms with Gasteiger partial charge in [-0.05, 0) is 48.8 Å². The second-order valence-electron chi connectivity index (χ2n) is 12.7. The Kier molecular flexibility index (Phi) is 8.25. The quantitative estimate of drug-likeness (QED) is 0.476. The van der Waals surface area contributed by atoms with Gasteiger partial charge in [-0.15, -0.1) is 0 Å². The number of amides is 2. The molecule has 0 aromatic heterocycles. The third-order valence-electron chi connectivity index (χ3n) is 9.72. The van der Waals surface area contributed by atoms with Crippen LogP contribution in [0.3, 0.4) is 0 Å². The van der Waals surface area contributed by atoms with Crippen LogP contribution in [0.2, 0.25) is 0 Å². The van der Waals surface area contributed by atoms with Crippen molar-refractivity contribution in [3.63, 3.8) is 0 Å². The van der Waals surface area contributed by atoms with Crippen LogP contribution in [0.1, 0.15) is 24.8 Å². The van der Waals surface area contributed by atoms with Gasteiger partial charge in [0.2, 0.25) is 5.91 Å². The third kappa shape index (κ3) is 6.23. The largest absolute Gasteiger partial charge is 0.478 e. The molecular weight excluding hydrogens is 610 g/mol. The molecule has 0 atom stereocenters. The second-order valence-corrected chi connectivity index (χ2v) is 12.7. The summed E-state index contributed by atoms with van der Waals surface area (Å²) in [6.45, 7) is 9.41. The molecule has 11 nitrogen and oxygen atoms in total. The molecule has 7 rings (SSSR count). The maximum absolute atomic E-state index is 15.5. The van der Waals surface area contributed by atoms with Gasteiger partial charge in [0, 0.05) is 88.0 Å². The summed E-state index contributed by atoms with van der Waals surface area (Å²) in [7, 11) is 0. The number of nitrogens with zero attached hydrogens (tertiary/aromatic N) is 6. The van der Waals surface area contributed by atoms with Gasteiger partial charge in [0.1, 0.15) is 18.3 Å². The van der Waals surface area contributed by atoms with E-state index in [1.54, 1.807) is 12.3 Å². The van der Waals surface area contributed by atoms with E-state index in [0.717, 1.165) is 24.2 Å². The number of cyclic esters (lactones) is 1. The number of halogens is 2. The molecule has 4 fully saturated rings. The number of allylic oxidation sites excluding steroid dienone is 4. The molecule has 4 aliphatic heterocycles. The maximum Gasteiger partial charge on any atom is 0.414 e. The fraction of sp³-hybridized carbons (Fsp3) is 0.441. The molecule has 1 saturated carbocycles. The predicted octanol–water partition coefficient (Wildman–Crippen LogP) is 3.53. The topological polar surface area (TPSA) is 100 Å². The van der Waals surface area contributed by atoms with Crippen molar-refractivity contribution in [2.45, 2.75) is 25.3 Å². The Labute approximate surface area is 271 Å². The lowest BCUT2D eigenvalue weighted by Crippen LogP contribution is -2.53. The molecule has 1 aromatic carbocycles. The Morgan fingerprint density at radius 1 is 0.936 bits per heavy atom. The van der Waals surface area contributed by atoms with Crippen LogP contribution in [0, 0.1) is 5.82 Å². The van der Waals surface area contributed by atoms with Crippen molar-refractivity contribution in [2.24, 2.45) is 0 Å². The summed E-state index contributed by atoms with van der Waals surface area (Å²) in [4.78, 5) is 48.4. The van der Waals surface area contributed by atoms with Gasteiger partial charge in [0.05, 0.1) is 30.0 Å². The summed E-state index contributed by atoms with van der Waals surface area (Å²) in [5.41, 5.74) is 3.43. The number of fused-ring (bicyclic) bond motifs is 1. The van der Waals surface area contributed by atoms with Crippen LogP contribution < -0.4 is 9.80 Å². The van der Waals surface area contributed by atoms with Crippen LogP contribution in [-0.4, -0.2) is 121 Å².